The van der Waals surface area contributed by atoms with Crippen LogP contribution in [0, 0.1) is 5.92 Å². The lowest BCUT2D eigenvalue weighted by Gasteiger charge is -2.27. The average molecular weight is 283 g/mol. The van der Waals surface area contributed by atoms with E-state index in [1.54, 1.807) is 0 Å². The Kier molecular flexibility index (Phi) is 6.30. The third-order valence-corrected chi connectivity index (χ3v) is 4.73. The maximum atomic E-state index is 12.2. The van der Waals surface area contributed by atoms with Crippen molar-refractivity contribution in [2.24, 2.45) is 5.92 Å². The second-order valence-electron chi connectivity index (χ2n) is 6.30. The van der Waals surface area contributed by atoms with Crippen molar-refractivity contribution in [1.29, 1.82) is 0 Å². The van der Waals surface area contributed by atoms with Crippen molar-refractivity contribution in [2.45, 2.75) is 83.0 Å². The normalized spacial score (nSPS) is 29.3. The fourth-order valence-corrected chi connectivity index (χ4v) is 3.38. The van der Waals surface area contributed by atoms with Gasteiger partial charge in [0.2, 0.25) is 5.91 Å². The van der Waals surface area contributed by atoms with Crippen LogP contribution in [0.1, 0.15) is 64.7 Å². The van der Waals surface area contributed by atoms with Crippen molar-refractivity contribution in [2.75, 3.05) is 6.54 Å². The lowest BCUT2D eigenvalue weighted by molar-refractivity contribution is -0.138. The summed E-state index contributed by atoms with van der Waals surface area (Å²) in [7, 11) is 0. The van der Waals surface area contributed by atoms with Gasteiger partial charge in [0.25, 0.3) is 0 Å². The van der Waals surface area contributed by atoms with Gasteiger partial charge in [0.15, 0.2) is 0 Å². The average Bonchev–Trinajstić information content (AvgIpc) is 2.88. The molecule has 0 aromatic carbocycles. The van der Waals surface area contributed by atoms with Crippen molar-refractivity contribution in [3.63, 3.8) is 0 Å². The number of hydrogen-bond donors (Lipinski definition) is 2. The Bertz CT molecular complexity index is 302. The Balaban J connectivity index is 1.73. The van der Waals surface area contributed by atoms with Crippen LogP contribution in [0.3, 0.4) is 0 Å². The number of nitrogens with one attached hydrogen (secondary N) is 1. The monoisotopic (exact) mass is 283 g/mol. The van der Waals surface area contributed by atoms with Gasteiger partial charge in [-0.25, -0.2) is 0 Å². The quantitative estimate of drug-likeness (QED) is 0.787. The van der Waals surface area contributed by atoms with Gasteiger partial charge in [-0.15, -0.1) is 0 Å². The van der Waals surface area contributed by atoms with Crippen LogP contribution in [0.5, 0.6) is 0 Å². The third-order valence-electron chi connectivity index (χ3n) is 4.73. The molecule has 0 aromatic heterocycles. The Morgan fingerprint density at radius 1 is 1.20 bits per heavy atom. The van der Waals surface area contributed by atoms with Gasteiger partial charge in [0, 0.05) is 12.5 Å². The fourth-order valence-electron chi connectivity index (χ4n) is 3.38. The number of ether oxygens (including phenoxy) is 1. The zero-order chi connectivity index (χ0) is 14.4. The van der Waals surface area contributed by atoms with Crippen molar-refractivity contribution in [1.82, 2.24) is 5.32 Å². The van der Waals surface area contributed by atoms with Crippen molar-refractivity contribution < 1.29 is 14.6 Å². The van der Waals surface area contributed by atoms with E-state index in [0.717, 1.165) is 38.5 Å². The molecule has 0 saturated heterocycles. The first-order valence-electron chi connectivity index (χ1n) is 8.32. The molecule has 2 aliphatic carbocycles. The molecule has 4 heteroatoms. The van der Waals surface area contributed by atoms with Crippen LogP contribution in [0.25, 0.3) is 0 Å². The van der Waals surface area contributed by atoms with E-state index in [2.05, 4.69) is 5.32 Å². The Labute approximate surface area is 122 Å². The maximum Gasteiger partial charge on any atom is 0.249 e. The molecule has 4 nitrogen and oxygen atoms in total. The maximum absolute atomic E-state index is 12.2. The smallest absolute Gasteiger partial charge is 0.249 e. The van der Waals surface area contributed by atoms with E-state index < -0.39 is 0 Å². The molecule has 0 spiro atoms. The number of aliphatic hydroxyl groups is 1. The van der Waals surface area contributed by atoms with Crippen LogP contribution >= 0.6 is 0 Å². The molecule has 2 fully saturated rings. The summed E-state index contributed by atoms with van der Waals surface area (Å²) in [5.41, 5.74) is 0. The van der Waals surface area contributed by atoms with E-state index in [9.17, 15) is 9.90 Å². The number of aliphatic hydroxyl groups excluding tert-OH is 1. The molecule has 0 aliphatic heterocycles. The predicted octanol–water partition coefficient (Wildman–Crippen LogP) is 2.39. The van der Waals surface area contributed by atoms with Crippen molar-refractivity contribution in [3.05, 3.63) is 0 Å². The standard InChI is InChI=1S/C16H29NO3/c1-2-15(20-13-8-4-3-5-9-13)16(19)17-11-12-7-6-10-14(12)18/h12-15,18H,2-11H2,1H3,(H,17,19). The molecule has 20 heavy (non-hydrogen) atoms. The highest BCUT2D eigenvalue weighted by Gasteiger charge is 2.27. The van der Waals surface area contributed by atoms with Gasteiger partial charge in [0.05, 0.1) is 12.2 Å². The molecule has 116 valence electrons. The molecular weight excluding hydrogens is 254 g/mol. The summed E-state index contributed by atoms with van der Waals surface area (Å²) in [4.78, 5) is 12.2. The van der Waals surface area contributed by atoms with Gasteiger partial charge < -0.3 is 15.2 Å². The van der Waals surface area contributed by atoms with E-state index in [1.165, 1.54) is 19.3 Å². The van der Waals surface area contributed by atoms with Crippen LogP contribution in [0.2, 0.25) is 0 Å². The highest BCUT2D eigenvalue weighted by atomic mass is 16.5. The Morgan fingerprint density at radius 2 is 1.95 bits per heavy atom. The summed E-state index contributed by atoms with van der Waals surface area (Å²) < 4.78 is 5.97. The van der Waals surface area contributed by atoms with Gasteiger partial charge in [-0.3, -0.25) is 4.79 Å². The first-order chi connectivity index (χ1) is 9.70. The summed E-state index contributed by atoms with van der Waals surface area (Å²) in [5, 5.41) is 12.7. The lowest BCUT2D eigenvalue weighted by Crippen LogP contribution is -2.41. The van der Waals surface area contributed by atoms with Gasteiger partial charge >= 0.3 is 0 Å². The van der Waals surface area contributed by atoms with E-state index in [4.69, 9.17) is 4.74 Å². The minimum atomic E-state index is -0.323. The number of hydrogen-bond acceptors (Lipinski definition) is 3. The third kappa shape index (κ3) is 4.45. The summed E-state index contributed by atoms with van der Waals surface area (Å²) >= 11 is 0. The summed E-state index contributed by atoms with van der Waals surface area (Å²) in [6.45, 7) is 2.59. The predicted molar refractivity (Wildman–Crippen MR) is 78.4 cm³/mol. The molecule has 3 unspecified atom stereocenters. The molecule has 0 aromatic rings. The molecule has 2 rings (SSSR count). The van der Waals surface area contributed by atoms with E-state index >= 15 is 0 Å². The number of carbonyl (C=O) groups is 1. The highest BCUT2D eigenvalue weighted by Crippen LogP contribution is 2.25. The first kappa shape index (κ1) is 15.8. The first-order valence-corrected chi connectivity index (χ1v) is 8.32. The number of carbonyl (C=O) groups excluding carboxylic acids is 1. The second-order valence-corrected chi connectivity index (χ2v) is 6.30. The zero-order valence-corrected chi connectivity index (χ0v) is 12.6. The molecule has 2 saturated carbocycles. The zero-order valence-electron chi connectivity index (χ0n) is 12.6. The molecule has 0 heterocycles. The van der Waals surface area contributed by atoms with Crippen molar-refractivity contribution in [3.8, 4) is 0 Å². The number of rotatable bonds is 6. The van der Waals surface area contributed by atoms with Crippen LogP contribution in [0.4, 0.5) is 0 Å². The molecule has 0 bridgehead atoms. The fraction of sp³-hybridized carbons (Fsp3) is 0.938. The molecule has 3 atom stereocenters. The van der Waals surface area contributed by atoms with Gasteiger partial charge in [-0.05, 0) is 32.1 Å². The topological polar surface area (TPSA) is 58.6 Å². The van der Waals surface area contributed by atoms with E-state index in [1.807, 2.05) is 6.92 Å². The van der Waals surface area contributed by atoms with Gasteiger partial charge in [-0.1, -0.05) is 32.6 Å². The largest absolute Gasteiger partial charge is 0.393 e. The van der Waals surface area contributed by atoms with Crippen LogP contribution < -0.4 is 5.32 Å². The minimum absolute atomic E-state index is 0.00262. The second kappa shape index (κ2) is 7.99. The Morgan fingerprint density at radius 3 is 2.55 bits per heavy atom. The molecular formula is C16H29NO3. The van der Waals surface area contributed by atoms with Gasteiger partial charge in [-0.2, -0.15) is 0 Å². The van der Waals surface area contributed by atoms with Gasteiger partial charge in [0.1, 0.15) is 6.10 Å². The molecule has 2 aliphatic rings. The highest BCUT2D eigenvalue weighted by molar-refractivity contribution is 5.80. The van der Waals surface area contributed by atoms with Crippen LogP contribution in [-0.4, -0.2) is 35.9 Å². The molecule has 2 N–H and O–H groups in total. The van der Waals surface area contributed by atoms with E-state index in [-0.39, 0.29) is 30.1 Å². The molecule has 1 amide bonds. The van der Waals surface area contributed by atoms with Crippen molar-refractivity contribution >= 4 is 5.91 Å². The summed E-state index contributed by atoms with van der Waals surface area (Å²) in [6.07, 6.45) is 9.28. The SMILES string of the molecule is CCC(OC1CCCCC1)C(=O)NCC1CCCC1O. The van der Waals surface area contributed by atoms with E-state index in [0.29, 0.717) is 6.54 Å². The Hall–Kier alpha value is -0.610. The summed E-state index contributed by atoms with van der Waals surface area (Å²) in [5.74, 6) is 0.225. The van der Waals surface area contributed by atoms with Crippen LogP contribution in [-0.2, 0) is 9.53 Å². The lowest BCUT2D eigenvalue weighted by atomic mass is 9.97. The number of amides is 1. The molecule has 0 radical (unpaired) electrons. The minimum Gasteiger partial charge on any atom is -0.393 e. The summed E-state index contributed by atoms with van der Waals surface area (Å²) in [6, 6.07) is 0. The van der Waals surface area contributed by atoms with Crippen LogP contribution in [0.15, 0.2) is 0 Å².